The van der Waals surface area contributed by atoms with Gasteiger partial charge in [0.25, 0.3) is 15.9 Å². The number of hydrogen-bond donors (Lipinski definition) is 3. The first-order valence-corrected chi connectivity index (χ1v) is 15.0. The first-order valence-electron chi connectivity index (χ1n) is 13.1. The van der Waals surface area contributed by atoms with Crippen molar-refractivity contribution in [1.29, 1.82) is 0 Å². The summed E-state index contributed by atoms with van der Waals surface area (Å²) in [6, 6.07) is 8.61. The van der Waals surface area contributed by atoms with Crippen LogP contribution in [0.5, 0.6) is 5.88 Å². The van der Waals surface area contributed by atoms with Gasteiger partial charge in [-0.2, -0.15) is 21.6 Å². The van der Waals surface area contributed by atoms with Crippen molar-refractivity contribution >= 4 is 58.2 Å². The lowest BCUT2D eigenvalue weighted by Gasteiger charge is -2.18. The standard InChI is InChI=1S/C26H29ClF3N7O4S.2ClH/c1-24(2)14-16(15-31-24)32-18-4-3-5-21(33-18)42(39,40)36-23(38)17-6-7-19(34-22(17)27)37-12-8-20(35-37)41-13-11-25(9-10-25)26(28,29)30;;/h3-8,12,16,31H,9-11,13-15H2,1-2H3,(H,32,33)(H,36,38);2*1H. The summed E-state index contributed by atoms with van der Waals surface area (Å²) >= 11 is 6.21. The zero-order chi connectivity index (χ0) is 30.3. The quantitative estimate of drug-likeness (QED) is 0.251. The van der Waals surface area contributed by atoms with E-state index in [9.17, 15) is 26.4 Å². The van der Waals surface area contributed by atoms with E-state index in [0.29, 0.717) is 12.4 Å². The number of sulfonamides is 1. The van der Waals surface area contributed by atoms with Gasteiger partial charge in [0.2, 0.25) is 5.88 Å². The van der Waals surface area contributed by atoms with Crippen molar-refractivity contribution in [2.24, 2.45) is 5.41 Å². The van der Waals surface area contributed by atoms with E-state index in [0.717, 1.165) is 6.42 Å². The third kappa shape index (κ3) is 8.05. The first kappa shape index (κ1) is 35.6. The van der Waals surface area contributed by atoms with Gasteiger partial charge in [0.15, 0.2) is 10.8 Å². The summed E-state index contributed by atoms with van der Waals surface area (Å²) in [5.41, 5.74) is -1.93. The van der Waals surface area contributed by atoms with Crippen LogP contribution in [0.4, 0.5) is 19.0 Å². The predicted octanol–water partition coefficient (Wildman–Crippen LogP) is 4.94. The Balaban J connectivity index is 0.00000264. The Hall–Kier alpha value is -2.85. The molecule has 0 bridgehead atoms. The van der Waals surface area contributed by atoms with E-state index >= 15 is 0 Å². The third-order valence-electron chi connectivity index (χ3n) is 7.33. The minimum atomic E-state index is -4.34. The van der Waals surface area contributed by atoms with Crippen molar-refractivity contribution in [3.63, 3.8) is 0 Å². The van der Waals surface area contributed by atoms with Crippen LogP contribution < -0.4 is 20.1 Å². The number of alkyl halides is 3. The van der Waals surface area contributed by atoms with E-state index in [4.69, 9.17) is 16.3 Å². The van der Waals surface area contributed by atoms with Crippen molar-refractivity contribution in [1.82, 2.24) is 29.8 Å². The molecule has 11 nitrogen and oxygen atoms in total. The average molecular weight is 701 g/mol. The van der Waals surface area contributed by atoms with E-state index in [2.05, 4.69) is 39.5 Å². The highest BCUT2D eigenvalue weighted by atomic mass is 35.5. The summed E-state index contributed by atoms with van der Waals surface area (Å²) in [5, 5.41) is 10.1. The van der Waals surface area contributed by atoms with Gasteiger partial charge < -0.3 is 15.4 Å². The number of nitrogens with one attached hydrogen (secondary N) is 3. The molecular weight excluding hydrogens is 670 g/mol. The van der Waals surface area contributed by atoms with Gasteiger partial charge in [-0.3, -0.25) is 4.79 Å². The SMILES string of the molecule is CC1(C)CC(Nc2cccc(S(=O)(=O)NC(=O)c3ccc(-n4ccc(OCCC5(C(F)(F)F)CC5)n4)nc3Cl)n2)CN1.Cl.Cl. The van der Waals surface area contributed by atoms with Crippen molar-refractivity contribution in [2.45, 2.75) is 62.3 Å². The fourth-order valence-corrected chi connectivity index (χ4v) is 5.93. The summed E-state index contributed by atoms with van der Waals surface area (Å²) in [5.74, 6) is -0.387. The summed E-state index contributed by atoms with van der Waals surface area (Å²) in [7, 11) is -4.34. The number of halogens is 6. The van der Waals surface area contributed by atoms with E-state index in [1.807, 2.05) is 4.72 Å². The van der Waals surface area contributed by atoms with Crippen LogP contribution in [0, 0.1) is 5.41 Å². The van der Waals surface area contributed by atoms with Crippen LogP contribution in [-0.2, 0) is 10.0 Å². The number of ether oxygens (including phenoxy) is 1. The summed E-state index contributed by atoms with van der Waals surface area (Å²) in [6.45, 7) is 4.68. The van der Waals surface area contributed by atoms with Crippen LogP contribution in [0.15, 0.2) is 47.6 Å². The van der Waals surface area contributed by atoms with Gasteiger partial charge in [0, 0.05) is 30.4 Å². The van der Waals surface area contributed by atoms with Crippen molar-refractivity contribution < 1.29 is 31.1 Å². The molecule has 2 aliphatic rings. The minimum Gasteiger partial charge on any atom is -0.477 e. The van der Waals surface area contributed by atoms with E-state index in [1.54, 1.807) is 6.07 Å². The molecule has 1 aliphatic heterocycles. The molecule has 1 unspecified atom stereocenters. The molecule has 1 aliphatic carbocycles. The maximum Gasteiger partial charge on any atom is 0.394 e. The largest absolute Gasteiger partial charge is 0.477 e. The zero-order valence-corrected chi connectivity index (χ0v) is 26.7. The molecule has 2 fully saturated rings. The Morgan fingerprint density at radius 2 is 1.89 bits per heavy atom. The Morgan fingerprint density at radius 3 is 2.50 bits per heavy atom. The van der Waals surface area contributed by atoms with Crippen molar-refractivity contribution in [3.8, 4) is 11.7 Å². The average Bonchev–Trinajstić information content (AvgIpc) is 3.43. The fraction of sp³-hybridized carbons (Fsp3) is 0.462. The topological polar surface area (TPSA) is 140 Å². The second-order valence-corrected chi connectivity index (χ2v) is 13.1. The van der Waals surface area contributed by atoms with Gasteiger partial charge in [0.05, 0.1) is 17.6 Å². The fourth-order valence-electron chi connectivity index (χ4n) is 4.76. The van der Waals surface area contributed by atoms with Crippen LogP contribution >= 0.6 is 36.4 Å². The molecule has 3 aromatic heterocycles. The molecule has 1 saturated heterocycles. The predicted molar refractivity (Wildman–Crippen MR) is 162 cm³/mol. The number of amides is 1. The number of rotatable bonds is 10. The maximum absolute atomic E-state index is 13.1. The summed E-state index contributed by atoms with van der Waals surface area (Å²) in [4.78, 5) is 21.1. The summed E-state index contributed by atoms with van der Waals surface area (Å²) < 4.78 is 73.7. The zero-order valence-electron chi connectivity index (χ0n) is 23.5. The first-order chi connectivity index (χ1) is 19.7. The highest BCUT2D eigenvalue weighted by Gasteiger charge is 2.62. The lowest BCUT2D eigenvalue weighted by Crippen LogP contribution is -2.32. The molecule has 3 aromatic rings. The van der Waals surface area contributed by atoms with Gasteiger partial charge in [-0.1, -0.05) is 17.7 Å². The lowest BCUT2D eigenvalue weighted by molar-refractivity contribution is -0.190. The number of aromatic nitrogens is 4. The summed E-state index contributed by atoms with van der Waals surface area (Å²) in [6.07, 6.45) is -1.95. The third-order valence-corrected chi connectivity index (χ3v) is 8.85. The van der Waals surface area contributed by atoms with Gasteiger partial charge >= 0.3 is 6.18 Å². The molecule has 242 valence electrons. The lowest BCUT2D eigenvalue weighted by atomic mass is 10.0. The molecule has 5 rings (SSSR count). The molecule has 0 spiro atoms. The van der Waals surface area contributed by atoms with Crippen LogP contribution in [0.1, 0.15) is 49.9 Å². The molecule has 3 N–H and O–H groups in total. The second-order valence-electron chi connectivity index (χ2n) is 11.1. The number of nitrogens with zero attached hydrogens (tertiary/aromatic N) is 4. The highest BCUT2D eigenvalue weighted by molar-refractivity contribution is 7.90. The molecule has 0 radical (unpaired) electrons. The van der Waals surface area contributed by atoms with Crippen LogP contribution in [-0.4, -0.2) is 65.0 Å². The van der Waals surface area contributed by atoms with Crippen molar-refractivity contribution in [2.75, 3.05) is 18.5 Å². The molecule has 1 saturated carbocycles. The highest BCUT2D eigenvalue weighted by Crippen LogP contribution is 2.59. The smallest absolute Gasteiger partial charge is 0.394 e. The van der Waals surface area contributed by atoms with E-state index in [-0.39, 0.29) is 89.7 Å². The van der Waals surface area contributed by atoms with Gasteiger partial charge in [-0.25, -0.2) is 19.4 Å². The second kappa shape index (κ2) is 13.3. The van der Waals surface area contributed by atoms with Gasteiger partial charge in [-0.15, -0.1) is 29.9 Å². The van der Waals surface area contributed by atoms with Crippen LogP contribution in [0.3, 0.4) is 0 Å². The number of anilines is 1. The Bertz CT molecular complexity index is 1600. The number of hydrogen-bond acceptors (Lipinski definition) is 9. The van der Waals surface area contributed by atoms with Gasteiger partial charge in [-0.05, 0) is 63.8 Å². The number of carbonyl (C=O) groups is 1. The number of carbonyl (C=O) groups excluding carboxylic acids is 1. The molecule has 0 aromatic carbocycles. The molecule has 18 heteroatoms. The molecule has 1 amide bonds. The van der Waals surface area contributed by atoms with Gasteiger partial charge in [0.1, 0.15) is 11.0 Å². The van der Waals surface area contributed by atoms with E-state index in [1.165, 1.54) is 41.2 Å². The Labute approximate surface area is 269 Å². The normalized spacial score (nSPS) is 18.5. The minimum absolute atomic E-state index is 0. The molecule has 44 heavy (non-hydrogen) atoms. The molecule has 1 atom stereocenters. The van der Waals surface area contributed by atoms with Crippen LogP contribution in [0.2, 0.25) is 5.15 Å². The van der Waals surface area contributed by atoms with E-state index < -0.39 is 27.5 Å². The number of pyridine rings is 2. The molecule has 4 heterocycles. The Kier molecular flexibility index (Phi) is 10.7. The Morgan fingerprint density at radius 1 is 1.16 bits per heavy atom. The monoisotopic (exact) mass is 699 g/mol. The molecular formula is C26H31Cl3F3N7O4S. The van der Waals surface area contributed by atoms with Crippen molar-refractivity contribution in [3.05, 3.63) is 53.3 Å². The van der Waals surface area contributed by atoms with Crippen LogP contribution in [0.25, 0.3) is 5.82 Å². The maximum atomic E-state index is 13.1.